The van der Waals surface area contributed by atoms with E-state index in [1.807, 2.05) is 58.2 Å². The lowest BCUT2D eigenvalue weighted by Gasteiger charge is -2.28. The molecule has 50 heavy (non-hydrogen) atoms. The summed E-state index contributed by atoms with van der Waals surface area (Å²) in [4.78, 5) is 74.3. The molecule has 0 aliphatic heterocycles. The maximum Gasteiger partial charge on any atom is 0.359 e. The summed E-state index contributed by atoms with van der Waals surface area (Å²) >= 11 is 0. The quantitative estimate of drug-likeness (QED) is 0.0445. The number of aryl methyl sites for hydroxylation is 2. The van der Waals surface area contributed by atoms with E-state index in [9.17, 15) is 28.8 Å². The monoisotopic (exact) mass is 740 g/mol. The number of amides is 4. The average Bonchev–Trinajstić information content (AvgIpc) is 3.73. The van der Waals surface area contributed by atoms with E-state index in [0.29, 0.717) is 26.2 Å². The highest BCUT2D eigenvalue weighted by Gasteiger charge is 2.26. The minimum absolute atomic E-state index is 0.112. The molecule has 0 aromatic carbocycles. The van der Waals surface area contributed by atoms with Crippen LogP contribution in [-0.2, 0) is 41.9 Å². The molecule has 2 heterocycles. The maximum atomic E-state index is 13.2. The van der Waals surface area contributed by atoms with Crippen molar-refractivity contribution >= 4 is 57.2 Å². The van der Waals surface area contributed by atoms with Gasteiger partial charge in [-0.05, 0) is 24.3 Å². The zero-order valence-electron chi connectivity index (χ0n) is 29.2. The second-order valence-corrected chi connectivity index (χ2v) is 15.7. The molecule has 16 nitrogen and oxygen atoms in total. The van der Waals surface area contributed by atoms with Crippen LogP contribution in [0, 0.1) is 0 Å². The fourth-order valence-corrected chi connectivity index (χ4v) is 7.06. The van der Waals surface area contributed by atoms with Gasteiger partial charge in [0.05, 0.1) is 54.4 Å². The first-order valence-corrected chi connectivity index (χ1v) is 18.7. The van der Waals surface area contributed by atoms with Gasteiger partial charge in [-0.15, -0.1) is 0 Å². The van der Waals surface area contributed by atoms with E-state index in [1.54, 1.807) is 28.2 Å². The number of hydrogen-bond acceptors (Lipinski definition) is 8. The molecule has 0 aliphatic carbocycles. The first-order chi connectivity index (χ1) is 23.5. The van der Waals surface area contributed by atoms with Crippen molar-refractivity contribution in [2.75, 3.05) is 79.0 Å². The van der Waals surface area contributed by atoms with Crippen LogP contribution in [0.4, 0.5) is 0 Å². The summed E-state index contributed by atoms with van der Waals surface area (Å²) < 4.78 is 4.02. The molecule has 0 radical (unpaired) electrons. The van der Waals surface area contributed by atoms with Crippen LogP contribution in [0.15, 0.2) is 49.1 Å². The van der Waals surface area contributed by atoms with Gasteiger partial charge in [-0.25, -0.2) is 9.59 Å². The van der Waals surface area contributed by atoms with E-state index < -0.39 is 35.8 Å². The molecule has 2 rings (SSSR count). The standard InChI is InChI=1S/C32H50N8O8S2/c1-39(2,21-29(43)44)19-11-33-31(47)25(35-27(41)9-17-37-13-5-6-14-37)23-49-50-24-26(36-28(42)10-18-38-15-7-8-16-38)32(48)34-12-20-40(3,4)22-30(45)46/h5-8,13-16,25-26H,9-12,17-24H2,1-4H3,(H4-2,33,34,35,36,41,42,43,44,45,46,47,48)/p+2/t25-,26-/m0/s1. The molecule has 6 N–H and O–H groups in total. The molecule has 4 amide bonds. The smallest absolute Gasteiger partial charge is 0.359 e. The summed E-state index contributed by atoms with van der Waals surface area (Å²) in [5.74, 6) is -3.05. The minimum atomic E-state index is -0.951. The number of carboxylic acids is 2. The fraction of sp³-hybridized carbons (Fsp3) is 0.562. The summed E-state index contributed by atoms with van der Waals surface area (Å²) in [6, 6.07) is 5.59. The molecule has 2 aromatic heterocycles. The van der Waals surface area contributed by atoms with Crippen molar-refractivity contribution in [2.24, 2.45) is 0 Å². The van der Waals surface area contributed by atoms with Crippen LogP contribution in [0.3, 0.4) is 0 Å². The Morgan fingerprint density at radius 3 is 1.28 bits per heavy atom. The van der Waals surface area contributed by atoms with Crippen molar-refractivity contribution < 1.29 is 47.9 Å². The second kappa shape index (κ2) is 21.3. The first-order valence-electron chi connectivity index (χ1n) is 16.2. The molecule has 0 fully saturated rings. The lowest BCUT2D eigenvalue weighted by Crippen LogP contribution is -2.52. The first kappa shape index (κ1) is 42.2. The Morgan fingerprint density at radius 2 is 0.960 bits per heavy atom. The van der Waals surface area contributed by atoms with Crippen LogP contribution < -0.4 is 21.3 Å². The second-order valence-electron chi connectivity index (χ2n) is 13.2. The summed E-state index contributed by atoms with van der Waals surface area (Å²) in [6.07, 6.45) is 7.65. The number of nitrogens with zero attached hydrogens (tertiary/aromatic N) is 4. The van der Waals surface area contributed by atoms with Crippen molar-refractivity contribution in [1.29, 1.82) is 0 Å². The van der Waals surface area contributed by atoms with Crippen LogP contribution in [-0.4, -0.2) is 155 Å². The zero-order valence-corrected chi connectivity index (χ0v) is 30.8. The Kier molecular flexibility index (Phi) is 17.9. The van der Waals surface area contributed by atoms with Gasteiger partial charge in [0.2, 0.25) is 23.6 Å². The van der Waals surface area contributed by atoms with Crippen LogP contribution in [0.1, 0.15) is 12.8 Å². The number of carbonyl (C=O) groups is 6. The summed E-state index contributed by atoms with van der Waals surface area (Å²) in [7, 11) is 9.51. The molecular formula is C32H52N8O8S2+2. The average molecular weight is 741 g/mol. The van der Waals surface area contributed by atoms with Crippen LogP contribution in [0.5, 0.6) is 0 Å². The molecule has 18 heteroatoms. The summed E-state index contributed by atoms with van der Waals surface area (Å²) in [5.41, 5.74) is 0. The maximum absolute atomic E-state index is 13.2. The van der Waals surface area contributed by atoms with E-state index in [4.69, 9.17) is 10.2 Å². The van der Waals surface area contributed by atoms with Crippen molar-refractivity contribution in [1.82, 2.24) is 30.4 Å². The van der Waals surface area contributed by atoms with Gasteiger partial charge >= 0.3 is 11.9 Å². The molecule has 0 unspecified atom stereocenters. The van der Waals surface area contributed by atoms with Crippen molar-refractivity contribution in [2.45, 2.75) is 38.0 Å². The van der Waals surface area contributed by atoms with Gasteiger partial charge in [0, 0.05) is 62.2 Å². The number of nitrogens with one attached hydrogen (secondary N) is 4. The highest BCUT2D eigenvalue weighted by molar-refractivity contribution is 8.76. The Bertz CT molecular complexity index is 1280. The number of quaternary nitrogens is 2. The van der Waals surface area contributed by atoms with Crippen LogP contribution >= 0.6 is 21.6 Å². The van der Waals surface area contributed by atoms with E-state index in [0.717, 1.165) is 0 Å². The zero-order chi connectivity index (χ0) is 37.2. The summed E-state index contributed by atoms with van der Waals surface area (Å²) in [5, 5.41) is 29.5. The van der Waals surface area contributed by atoms with E-state index in [-0.39, 0.29) is 71.3 Å². The Morgan fingerprint density at radius 1 is 0.620 bits per heavy atom. The third-order valence-electron chi connectivity index (χ3n) is 7.54. The molecule has 278 valence electrons. The molecule has 2 atom stereocenters. The van der Waals surface area contributed by atoms with Crippen molar-refractivity contribution in [3.05, 3.63) is 49.1 Å². The van der Waals surface area contributed by atoms with Gasteiger partial charge < -0.3 is 49.6 Å². The minimum Gasteiger partial charge on any atom is -0.477 e. The van der Waals surface area contributed by atoms with Gasteiger partial charge in [0.1, 0.15) is 12.1 Å². The van der Waals surface area contributed by atoms with E-state index in [1.165, 1.54) is 21.6 Å². The van der Waals surface area contributed by atoms with E-state index in [2.05, 4.69) is 21.3 Å². The van der Waals surface area contributed by atoms with Crippen molar-refractivity contribution in [3.63, 3.8) is 0 Å². The number of carboxylic acid groups (broad SMARTS) is 2. The molecule has 0 saturated carbocycles. The number of aromatic nitrogens is 2. The number of carbonyl (C=O) groups excluding carboxylic acids is 4. The van der Waals surface area contributed by atoms with E-state index >= 15 is 0 Å². The Labute approximate surface area is 300 Å². The van der Waals surface area contributed by atoms with Crippen LogP contribution in [0.25, 0.3) is 0 Å². The molecule has 0 saturated heterocycles. The molecule has 0 spiro atoms. The van der Waals surface area contributed by atoms with Crippen LogP contribution in [0.2, 0.25) is 0 Å². The Hall–Kier alpha value is -4.00. The molecule has 0 bridgehead atoms. The lowest BCUT2D eigenvalue weighted by molar-refractivity contribution is -0.881. The van der Waals surface area contributed by atoms with Gasteiger partial charge in [0.15, 0.2) is 13.1 Å². The van der Waals surface area contributed by atoms with Gasteiger partial charge in [-0.3, -0.25) is 19.2 Å². The Balaban J connectivity index is 2.01. The van der Waals surface area contributed by atoms with Gasteiger partial charge in [-0.1, -0.05) is 21.6 Å². The number of rotatable bonds is 25. The van der Waals surface area contributed by atoms with Gasteiger partial charge in [0.25, 0.3) is 0 Å². The SMILES string of the molecule is C[N+](C)(CCNC(=O)[C@H](CSSC[C@H](NC(=O)CCn1cccc1)C(=O)NCC[N+](C)(C)CC(=O)O)NC(=O)CCn1cccc1)CC(=O)O. The number of likely N-dealkylation sites (N-methyl/N-ethyl adjacent to an activating group) is 2. The predicted molar refractivity (Wildman–Crippen MR) is 192 cm³/mol. The number of aliphatic carboxylic acids is 2. The summed E-state index contributed by atoms with van der Waals surface area (Å²) in [6.45, 7) is 1.77. The molecule has 2 aromatic rings. The third-order valence-corrected chi connectivity index (χ3v) is 9.96. The molecule has 0 aliphatic rings. The van der Waals surface area contributed by atoms with Gasteiger partial charge in [-0.2, -0.15) is 0 Å². The predicted octanol–water partition coefficient (Wildman–Crippen LogP) is -0.325. The lowest BCUT2D eigenvalue weighted by atomic mass is 10.2. The largest absolute Gasteiger partial charge is 0.477 e. The molecular weight excluding hydrogens is 689 g/mol. The van der Waals surface area contributed by atoms with Crippen molar-refractivity contribution in [3.8, 4) is 0 Å². The topological polar surface area (TPSA) is 201 Å². The normalized spacial score (nSPS) is 12.8. The third kappa shape index (κ3) is 18.1. The highest BCUT2D eigenvalue weighted by Crippen LogP contribution is 2.23. The fourth-order valence-electron chi connectivity index (χ4n) is 4.73. The number of hydrogen-bond donors (Lipinski definition) is 6. The highest BCUT2D eigenvalue weighted by atomic mass is 33.1.